The standard InChI is InChI=1S/C23H30N2/c1-4-18(2)25-22-19(17-24-20-12-6-5-7-13-20)11-10-14-21(22)23(3)15-8-9-16-23/h5-7,10-14,17-18,25H,4,8-9,15-16H2,1-3H3. The number of para-hydroxylation sites is 2. The lowest BCUT2D eigenvalue weighted by atomic mass is 9.79. The van der Waals surface area contributed by atoms with Crippen molar-refractivity contribution in [2.75, 3.05) is 5.32 Å². The molecule has 3 rings (SSSR count). The van der Waals surface area contributed by atoms with Crippen LogP contribution in [0.15, 0.2) is 53.5 Å². The number of anilines is 1. The van der Waals surface area contributed by atoms with Crippen LogP contribution in [0.25, 0.3) is 0 Å². The van der Waals surface area contributed by atoms with E-state index in [1.165, 1.54) is 42.5 Å². The summed E-state index contributed by atoms with van der Waals surface area (Å²) in [5, 5.41) is 3.78. The Morgan fingerprint density at radius 2 is 1.80 bits per heavy atom. The summed E-state index contributed by atoms with van der Waals surface area (Å²) in [6.45, 7) is 6.91. The molecule has 132 valence electrons. The normalized spacial score (nSPS) is 17.7. The van der Waals surface area contributed by atoms with Crippen molar-refractivity contribution < 1.29 is 0 Å². The molecule has 0 amide bonds. The van der Waals surface area contributed by atoms with Gasteiger partial charge in [0, 0.05) is 23.5 Å². The fourth-order valence-corrected chi connectivity index (χ4v) is 3.77. The van der Waals surface area contributed by atoms with Gasteiger partial charge in [0.15, 0.2) is 0 Å². The molecule has 0 radical (unpaired) electrons. The van der Waals surface area contributed by atoms with Gasteiger partial charge in [0.05, 0.1) is 5.69 Å². The largest absolute Gasteiger partial charge is 0.382 e. The van der Waals surface area contributed by atoms with E-state index in [0.29, 0.717) is 6.04 Å². The van der Waals surface area contributed by atoms with Gasteiger partial charge in [-0.3, -0.25) is 4.99 Å². The first kappa shape index (κ1) is 17.7. The van der Waals surface area contributed by atoms with Crippen LogP contribution in [0.4, 0.5) is 11.4 Å². The van der Waals surface area contributed by atoms with E-state index in [1.54, 1.807) is 0 Å². The Morgan fingerprint density at radius 3 is 2.48 bits per heavy atom. The molecule has 1 aliphatic rings. The molecule has 2 nitrogen and oxygen atoms in total. The summed E-state index contributed by atoms with van der Waals surface area (Å²) in [6.07, 6.45) is 8.36. The van der Waals surface area contributed by atoms with Crippen LogP contribution in [0.3, 0.4) is 0 Å². The van der Waals surface area contributed by atoms with Gasteiger partial charge in [-0.05, 0) is 49.3 Å². The van der Waals surface area contributed by atoms with E-state index in [1.807, 2.05) is 36.5 Å². The fourth-order valence-electron chi connectivity index (χ4n) is 3.77. The second-order valence-corrected chi connectivity index (χ2v) is 7.58. The minimum absolute atomic E-state index is 0.284. The average Bonchev–Trinajstić information content (AvgIpc) is 3.09. The van der Waals surface area contributed by atoms with E-state index in [-0.39, 0.29) is 5.41 Å². The molecule has 0 heterocycles. The summed E-state index contributed by atoms with van der Waals surface area (Å²) in [5.74, 6) is 0. The van der Waals surface area contributed by atoms with Gasteiger partial charge in [0.25, 0.3) is 0 Å². The number of hydrogen-bond donors (Lipinski definition) is 1. The Labute approximate surface area is 152 Å². The number of aliphatic imine (C=N–C) groups is 1. The van der Waals surface area contributed by atoms with Crippen molar-refractivity contribution in [3.8, 4) is 0 Å². The topological polar surface area (TPSA) is 24.4 Å². The van der Waals surface area contributed by atoms with Gasteiger partial charge in [-0.25, -0.2) is 0 Å². The predicted molar refractivity (Wildman–Crippen MR) is 109 cm³/mol. The van der Waals surface area contributed by atoms with Crippen molar-refractivity contribution in [3.05, 3.63) is 59.7 Å². The maximum absolute atomic E-state index is 4.70. The van der Waals surface area contributed by atoms with Crippen LogP contribution in [0.5, 0.6) is 0 Å². The zero-order valence-electron chi connectivity index (χ0n) is 15.8. The predicted octanol–water partition coefficient (Wildman–Crippen LogP) is 6.48. The molecule has 1 atom stereocenters. The first-order chi connectivity index (χ1) is 12.1. The van der Waals surface area contributed by atoms with Crippen molar-refractivity contribution in [3.63, 3.8) is 0 Å². The van der Waals surface area contributed by atoms with Crippen LogP contribution < -0.4 is 5.32 Å². The molecule has 25 heavy (non-hydrogen) atoms. The highest BCUT2D eigenvalue weighted by Gasteiger charge is 2.33. The third kappa shape index (κ3) is 4.12. The lowest BCUT2D eigenvalue weighted by Gasteiger charge is -2.30. The smallest absolute Gasteiger partial charge is 0.0629 e. The molecule has 0 aromatic heterocycles. The van der Waals surface area contributed by atoms with Crippen LogP contribution >= 0.6 is 0 Å². The lowest BCUT2D eigenvalue weighted by Crippen LogP contribution is -2.23. The molecule has 1 N–H and O–H groups in total. The molecule has 1 aliphatic carbocycles. The zero-order valence-corrected chi connectivity index (χ0v) is 15.8. The molecule has 1 unspecified atom stereocenters. The molecule has 1 fully saturated rings. The minimum Gasteiger partial charge on any atom is -0.382 e. The van der Waals surface area contributed by atoms with Crippen molar-refractivity contribution in [1.82, 2.24) is 0 Å². The summed E-state index contributed by atoms with van der Waals surface area (Å²) in [7, 11) is 0. The van der Waals surface area contributed by atoms with Gasteiger partial charge in [0.2, 0.25) is 0 Å². The summed E-state index contributed by atoms with van der Waals surface area (Å²) >= 11 is 0. The second kappa shape index (κ2) is 7.86. The third-order valence-corrected chi connectivity index (χ3v) is 5.57. The van der Waals surface area contributed by atoms with Crippen molar-refractivity contribution in [2.24, 2.45) is 4.99 Å². The van der Waals surface area contributed by atoms with E-state index in [4.69, 9.17) is 4.99 Å². The van der Waals surface area contributed by atoms with Crippen molar-refractivity contribution in [2.45, 2.75) is 64.3 Å². The lowest BCUT2D eigenvalue weighted by molar-refractivity contribution is 0.492. The first-order valence-corrected chi connectivity index (χ1v) is 9.61. The molecule has 0 aliphatic heterocycles. The van der Waals surface area contributed by atoms with Crippen LogP contribution in [0.2, 0.25) is 0 Å². The van der Waals surface area contributed by atoms with E-state index < -0.39 is 0 Å². The second-order valence-electron chi connectivity index (χ2n) is 7.58. The van der Waals surface area contributed by atoms with Crippen molar-refractivity contribution >= 4 is 17.6 Å². The van der Waals surface area contributed by atoms with Crippen LogP contribution in [0, 0.1) is 0 Å². The van der Waals surface area contributed by atoms with Gasteiger partial charge >= 0.3 is 0 Å². The Morgan fingerprint density at radius 1 is 1.08 bits per heavy atom. The number of benzene rings is 2. The number of hydrogen-bond acceptors (Lipinski definition) is 2. The number of nitrogens with zero attached hydrogens (tertiary/aromatic N) is 1. The van der Waals surface area contributed by atoms with Crippen LogP contribution in [-0.2, 0) is 5.41 Å². The molecular formula is C23H30N2. The summed E-state index contributed by atoms with van der Waals surface area (Å²) in [5.41, 5.74) is 5.21. The van der Waals surface area contributed by atoms with E-state index >= 15 is 0 Å². The average molecular weight is 335 g/mol. The SMILES string of the molecule is CCC(C)Nc1c(C=Nc2ccccc2)cccc1C1(C)CCCC1. The van der Waals surface area contributed by atoms with E-state index in [2.05, 4.69) is 44.3 Å². The Bertz CT molecular complexity index is 712. The molecular weight excluding hydrogens is 304 g/mol. The summed E-state index contributed by atoms with van der Waals surface area (Å²) in [6, 6.07) is 17.3. The third-order valence-electron chi connectivity index (χ3n) is 5.57. The highest BCUT2D eigenvalue weighted by Crippen LogP contribution is 2.44. The summed E-state index contributed by atoms with van der Waals surface area (Å²) < 4.78 is 0. The molecule has 0 bridgehead atoms. The molecule has 0 saturated heterocycles. The quantitative estimate of drug-likeness (QED) is 0.601. The molecule has 2 heteroatoms. The monoisotopic (exact) mass is 334 g/mol. The zero-order chi connectivity index (χ0) is 17.7. The van der Waals surface area contributed by atoms with Gasteiger partial charge in [-0.2, -0.15) is 0 Å². The maximum Gasteiger partial charge on any atom is 0.0629 e. The summed E-state index contributed by atoms with van der Waals surface area (Å²) in [4.78, 5) is 4.70. The van der Waals surface area contributed by atoms with Crippen LogP contribution in [0.1, 0.15) is 64.0 Å². The van der Waals surface area contributed by atoms with Gasteiger partial charge < -0.3 is 5.32 Å². The number of rotatable bonds is 6. The minimum atomic E-state index is 0.284. The molecule has 2 aromatic rings. The number of nitrogens with one attached hydrogen (secondary N) is 1. The highest BCUT2D eigenvalue weighted by molar-refractivity contribution is 5.90. The van der Waals surface area contributed by atoms with Crippen molar-refractivity contribution in [1.29, 1.82) is 0 Å². The maximum atomic E-state index is 4.70. The van der Waals surface area contributed by atoms with E-state index in [0.717, 1.165) is 12.1 Å². The van der Waals surface area contributed by atoms with Gasteiger partial charge in [-0.15, -0.1) is 0 Å². The highest BCUT2D eigenvalue weighted by atomic mass is 14.9. The Balaban J connectivity index is 2.00. The fraction of sp³-hybridized carbons (Fsp3) is 0.435. The van der Waals surface area contributed by atoms with E-state index in [9.17, 15) is 0 Å². The first-order valence-electron chi connectivity index (χ1n) is 9.61. The molecule has 0 spiro atoms. The van der Waals surface area contributed by atoms with Crippen LogP contribution in [-0.4, -0.2) is 12.3 Å². The van der Waals surface area contributed by atoms with Gasteiger partial charge in [0.1, 0.15) is 0 Å². The molecule has 1 saturated carbocycles. The Hall–Kier alpha value is -2.09. The Kier molecular flexibility index (Phi) is 5.57. The molecule has 2 aromatic carbocycles. The van der Waals surface area contributed by atoms with Gasteiger partial charge in [-0.1, -0.05) is 63.1 Å².